The molecule has 5 heteroatoms. The molecule has 0 amide bonds. The minimum Gasteiger partial charge on any atom is -0.504 e. The SMILES string of the molecule is COc1cccc(C=Nc2nc3ccccc3s2)c1O. The number of aromatic nitrogens is 1. The number of hydrogen-bond donors (Lipinski definition) is 1. The number of thiazole rings is 1. The monoisotopic (exact) mass is 284 g/mol. The molecular weight excluding hydrogens is 272 g/mol. The molecule has 0 saturated carbocycles. The van der Waals surface area contributed by atoms with Gasteiger partial charge >= 0.3 is 0 Å². The second kappa shape index (κ2) is 5.30. The number of phenolic OH excluding ortho intramolecular Hbond substituents is 1. The fraction of sp³-hybridized carbons (Fsp3) is 0.0667. The first-order chi connectivity index (χ1) is 9.78. The lowest BCUT2D eigenvalue weighted by atomic mass is 10.2. The summed E-state index contributed by atoms with van der Waals surface area (Å²) in [5, 5.41) is 10.6. The standard InChI is InChI=1S/C15H12N2O2S/c1-19-12-7-4-5-10(14(12)18)9-16-15-17-11-6-2-3-8-13(11)20-15/h2-9,18H,1H3. The zero-order valence-electron chi connectivity index (χ0n) is 10.8. The largest absolute Gasteiger partial charge is 0.504 e. The van der Waals surface area contributed by atoms with Crippen molar-refractivity contribution in [1.29, 1.82) is 0 Å². The van der Waals surface area contributed by atoms with Crippen LogP contribution >= 0.6 is 11.3 Å². The summed E-state index contributed by atoms with van der Waals surface area (Å²) in [5.74, 6) is 0.512. The van der Waals surface area contributed by atoms with E-state index in [0.717, 1.165) is 10.2 Å². The molecule has 1 N–H and O–H groups in total. The Labute approximate surface area is 120 Å². The number of aliphatic imine (C=N–C) groups is 1. The van der Waals surface area contributed by atoms with Crippen LogP contribution in [0.2, 0.25) is 0 Å². The van der Waals surface area contributed by atoms with Gasteiger partial charge in [0.25, 0.3) is 0 Å². The predicted octanol–water partition coefficient (Wildman–Crippen LogP) is 3.76. The molecule has 100 valence electrons. The Hall–Kier alpha value is -2.40. The number of aromatic hydroxyl groups is 1. The fourth-order valence-electron chi connectivity index (χ4n) is 1.85. The number of rotatable bonds is 3. The van der Waals surface area contributed by atoms with Crippen molar-refractivity contribution < 1.29 is 9.84 Å². The number of methoxy groups -OCH3 is 1. The summed E-state index contributed by atoms with van der Waals surface area (Å²) in [6, 6.07) is 13.2. The van der Waals surface area contributed by atoms with Gasteiger partial charge in [-0.3, -0.25) is 0 Å². The summed E-state index contributed by atoms with van der Waals surface area (Å²) in [7, 11) is 1.52. The highest BCUT2D eigenvalue weighted by Crippen LogP contribution is 2.30. The summed E-state index contributed by atoms with van der Waals surface area (Å²) in [6.45, 7) is 0. The van der Waals surface area contributed by atoms with Crippen LogP contribution in [-0.4, -0.2) is 23.4 Å². The van der Waals surface area contributed by atoms with Gasteiger partial charge in [-0.25, -0.2) is 9.98 Å². The molecule has 0 aliphatic rings. The van der Waals surface area contributed by atoms with Gasteiger partial charge in [-0.2, -0.15) is 0 Å². The van der Waals surface area contributed by atoms with Crippen molar-refractivity contribution in [2.75, 3.05) is 7.11 Å². The summed E-state index contributed by atoms with van der Waals surface area (Å²) in [6.07, 6.45) is 1.59. The topological polar surface area (TPSA) is 54.7 Å². The van der Waals surface area contributed by atoms with Crippen molar-refractivity contribution in [3.8, 4) is 11.5 Å². The minimum atomic E-state index is 0.0832. The summed E-state index contributed by atoms with van der Waals surface area (Å²) in [4.78, 5) is 8.72. The van der Waals surface area contributed by atoms with E-state index in [1.54, 1.807) is 24.4 Å². The third-order valence-electron chi connectivity index (χ3n) is 2.85. The van der Waals surface area contributed by atoms with E-state index in [1.807, 2.05) is 24.3 Å². The Balaban J connectivity index is 1.94. The molecule has 2 aromatic carbocycles. The van der Waals surface area contributed by atoms with Crippen LogP contribution in [0.3, 0.4) is 0 Å². The maximum Gasteiger partial charge on any atom is 0.210 e. The first-order valence-electron chi connectivity index (χ1n) is 6.03. The first-order valence-corrected chi connectivity index (χ1v) is 6.85. The first kappa shape index (κ1) is 12.6. The second-order valence-electron chi connectivity index (χ2n) is 4.12. The smallest absolute Gasteiger partial charge is 0.210 e. The number of hydrogen-bond acceptors (Lipinski definition) is 5. The molecule has 4 nitrogen and oxygen atoms in total. The zero-order chi connectivity index (χ0) is 13.9. The van der Waals surface area contributed by atoms with Crippen LogP contribution in [-0.2, 0) is 0 Å². The average molecular weight is 284 g/mol. The van der Waals surface area contributed by atoms with E-state index in [0.29, 0.717) is 16.4 Å². The van der Waals surface area contributed by atoms with Crippen LogP contribution in [0.15, 0.2) is 47.5 Å². The van der Waals surface area contributed by atoms with Gasteiger partial charge in [0.05, 0.1) is 17.3 Å². The molecule has 1 aromatic heterocycles. The normalized spacial score (nSPS) is 11.2. The highest BCUT2D eigenvalue weighted by molar-refractivity contribution is 7.22. The highest BCUT2D eigenvalue weighted by atomic mass is 32.1. The molecule has 0 aliphatic heterocycles. The van der Waals surface area contributed by atoms with Gasteiger partial charge in [-0.05, 0) is 24.3 Å². The van der Waals surface area contributed by atoms with E-state index >= 15 is 0 Å². The highest BCUT2D eigenvalue weighted by Gasteiger charge is 2.05. The van der Waals surface area contributed by atoms with E-state index in [4.69, 9.17) is 4.74 Å². The molecule has 0 fully saturated rings. The molecule has 0 saturated heterocycles. The summed E-state index contributed by atoms with van der Waals surface area (Å²) >= 11 is 1.51. The maximum absolute atomic E-state index is 9.97. The van der Waals surface area contributed by atoms with E-state index in [-0.39, 0.29) is 5.75 Å². The average Bonchev–Trinajstić information content (AvgIpc) is 2.89. The maximum atomic E-state index is 9.97. The predicted molar refractivity (Wildman–Crippen MR) is 81.5 cm³/mol. The lowest BCUT2D eigenvalue weighted by Crippen LogP contribution is -1.87. The van der Waals surface area contributed by atoms with Gasteiger partial charge in [0.15, 0.2) is 11.5 Å². The van der Waals surface area contributed by atoms with E-state index < -0.39 is 0 Å². The lowest BCUT2D eigenvalue weighted by Gasteiger charge is -2.04. The Morgan fingerprint density at radius 3 is 2.85 bits per heavy atom. The molecular formula is C15H12N2O2S. The number of benzene rings is 2. The van der Waals surface area contributed by atoms with Gasteiger partial charge < -0.3 is 9.84 Å². The molecule has 0 atom stereocenters. The minimum absolute atomic E-state index is 0.0832. The van der Waals surface area contributed by atoms with Crippen LogP contribution in [0.25, 0.3) is 10.2 Å². The van der Waals surface area contributed by atoms with Gasteiger partial charge in [0.2, 0.25) is 5.13 Å². The third kappa shape index (κ3) is 2.35. The van der Waals surface area contributed by atoms with Crippen LogP contribution < -0.4 is 4.74 Å². The molecule has 20 heavy (non-hydrogen) atoms. The Morgan fingerprint density at radius 2 is 2.05 bits per heavy atom. The molecule has 0 unspecified atom stereocenters. The lowest BCUT2D eigenvalue weighted by molar-refractivity contribution is 0.373. The number of nitrogens with zero attached hydrogens (tertiary/aromatic N) is 2. The summed E-state index contributed by atoms with van der Waals surface area (Å²) < 4.78 is 6.15. The van der Waals surface area contributed by atoms with E-state index in [1.165, 1.54) is 18.4 Å². The molecule has 3 aromatic rings. The zero-order valence-corrected chi connectivity index (χ0v) is 11.6. The van der Waals surface area contributed by atoms with Gasteiger partial charge in [0.1, 0.15) is 0 Å². The van der Waals surface area contributed by atoms with Gasteiger partial charge in [-0.15, -0.1) is 0 Å². The second-order valence-corrected chi connectivity index (χ2v) is 5.13. The quantitative estimate of drug-likeness (QED) is 0.745. The molecule has 0 radical (unpaired) electrons. The van der Waals surface area contributed by atoms with Gasteiger partial charge in [0, 0.05) is 11.8 Å². The van der Waals surface area contributed by atoms with Gasteiger partial charge in [-0.1, -0.05) is 29.5 Å². The Bertz CT molecular complexity index is 747. The molecule has 3 rings (SSSR count). The number of phenols is 1. The van der Waals surface area contributed by atoms with Crippen molar-refractivity contribution in [3.63, 3.8) is 0 Å². The van der Waals surface area contributed by atoms with Crippen molar-refractivity contribution in [3.05, 3.63) is 48.0 Å². The third-order valence-corrected chi connectivity index (χ3v) is 3.79. The molecule has 0 spiro atoms. The summed E-state index contributed by atoms with van der Waals surface area (Å²) in [5.41, 5.74) is 1.53. The van der Waals surface area contributed by atoms with Crippen molar-refractivity contribution in [1.82, 2.24) is 4.98 Å². The Morgan fingerprint density at radius 1 is 1.20 bits per heavy atom. The van der Waals surface area contributed by atoms with Crippen LogP contribution in [0, 0.1) is 0 Å². The number of ether oxygens (including phenoxy) is 1. The molecule has 1 heterocycles. The Kier molecular flexibility index (Phi) is 3.35. The van der Waals surface area contributed by atoms with Crippen molar-refractivity contribution in [2.24, 2.45) is 4.99 Å². The van der Waals surface area contributed by atoms with E-state index in [2.05, 4.69) is 9.98 Å². The van der Waals surface area contributed by atoms with E-state index in [9.17, 15) is 5.11 Å². The number of fused-ring (bicyclic) bond motifs is 1. The van der Waals surface area contributed by atoms with Crippen LogP contribution in [0.1, 0.15) is 5.56 Å². The fourth-order valence-corrected chi connectivity index (χ4v) is 2.66. The van der Waals surface area contributed by atoms with Crippen molar-refractivity contribution in [2.45, 2.75) is 0 Å². The molecule has 0 bridgehead atoms. The van der Waals surface area contributed by atoms with Crippen LogP contribution in [0.4, 0.5) is 5.13 Å². The molecule has 0 aliphatic carbocycles. The van der Waals surface area contributed by atoms with Crippen LogP contribution in [0.5, 0.6) is 11.5 Å². The number of para-hydroxylation sites is 2. The van der Waals surface area contributed by atoms with Crippen molar-refractivity contribution >= 4 is 32.9 Å².